The second kappa shape index (κ2) is 8.79. The molecule has 0 bridgehead atoms. The monoisotopic (exact) mass is 519 g/mol. The topological polar surface area (TPSA) is 43.9 Å². The summed E-state index contributed by atoms with van der Waals surface area (Å²) < 4.78 is 9.72. The Balaban J connectivity index is 1.31. The van der Waals surface area contributed by atoms with E-state index in [2.05, 4.69) is 106 Å². The first-order valence-electron chi connectivity index (χ1n) is 12.8. The number of hydrogen-bond donors (Lipinski definition) is 0. The number of nitrogens with zero attached hydrogens (tertiary/aromatic N) is 3. The lowest BCUT2D eigenvalue weighted by Crippen LogP contribution is -1.94. The first-order chi connectivity index (χ1) is 19.3. The van der Waals surface area contributed by atoms with Crippen LogP contribution >= 0.6 is 11.3 Å². The van der Waals surface area contributed by atoms with Gasteiger partial charge in [0, 0.05) is 37.2 Å². The number of benzene rings is 5. The van der Waals surface area contributed by atoms with Gasteiger partial charge in [0.2, 0.25) is 11.8 Å². The van der Waals surface area contributed by atoms with Crippen molar-refractivity contribution in [3.63, 3.8) is 0 Å². The molecular formula is C34H21N3OS. The third kappa shape index (κ3) is 3.59. The lowest BCUT2D eigenvalue weighted by Gasteiger charge is -2.09. The van der Waals surface area contributed by atoms with Crippen molar-refractivity contribution >= 4 is 43.2 Å². The molecule has 0 spiro atoms. The van der Waals surface area contributed by atoms with Gasteiger partial charge >= 0.3 is 0 Å². The van der Waals surface area contributed by atoms with E-state index in [1.54, 1.807) is 0 Å². The highest BCUT2D eigenvalue weighted by molar-refractivity contribution is 7.23. The molecule has 0 atom stereocenters. The first kappa shape index (κ1) is 22.0. The Morgan fingerprint density at radius 1 is 0.564 bits per heavy atom. The molecule has 8 aromatic rings. The SMILES string of the molecule is c1ccc(-c2nnc(-c3cccc(-n4c5ccccc5c5c6sc(-c7ccccc7)cc6ccc54)c3)o2)cc1. The summed E-state index contributed by atoms with van der Waals surface area (Å²) in [5.41, 5.74) is 6.44. The molecule has 0 N–H and O–H groups in total. The average Bonchev–Trinajstić information content (AvgIpc) is 3.74. The summed E-state index contributed by atoms with van der Waals surface area (Å²) in [6, 6.07) is 44.2. The Morgan fingerprint density at radius 3 is 2.08 bits per heavy atom. The standard InChI is InChI=1S/C34H21N3OS/c1-3-10-22(11-4-1)30-21-24-18-19-29-31(32(24)39-30)27-16-7-8-17-28(27)37(29)26-15-9-14-25(20-26)34-36-35-33(38-34)23-12-5-2-6-13-23/h1-21H. The Morgan fingerprint density at radius 2 is 1.26 bits per heavy atom. The summed E-state index contributed by atoms with van der Waals surface area (Å²) in [7, 11) is 0. The molecule has 5 heteroatoms. The lowest BCUT2D eigenvalue weighted by molar-refractivity contribution is 0.584. The van der Waals surface area contributed by atoms with Crippen LogP contribution < -0.4 is 0 Å². The molecule has 0 aliphatic heterocycles. The van der Waals surface area contributed by atoms with Gasteiger partial charge in [-0.05, 0) is 59.5 Å². The molecule has 0 aliphatic rings. The molecule has 0 saturated carbocycles. The maximum atomic E-state index is 6.08. The summed E-state index contributed by atoms with van der Waals surface area (Å²) in [5, 5.41) is 12.4. The van der Waals surface area contributed by atoms with Crippen LogP contribution in [0.4, 0.5) is 0 Å². The van der Waals surface area contributed by atoms with Gasteiger partial charge in [-0.2, -0.15) is 0 Å². The second-order valence-corrected chi connectivity index (χ2v) is 10.6. The van der Waals surface area contributed by atoms with E-state index in [1.165, 1.54) is 42.3 Å². The fourth-order valence-electron chi connectivity index (χ4n) is 5.39. The molecule has 5 aromatic carbocycles. The quantitative estimate of drug-likeness (QED) is 0.233. The third-order valence-corrected chi connectivity index (χ3v) is 8.39. The van der Waals surface area contributed by atoms with Gasteiger partial charge in [0.1, 0.15) is 0 Å². The van der Waals surface area contributed by atoms with Crippen LogP contribution in [-0.4, -0.2) is 14.8 Å². The van der Waals surface area contributed by atoms with Crippen LogP contribution in [0.25, 0.3) is 70.9 Å². The smallest absolute Gasteiger partial charge is 0.248 e. The molecule has 184 valence electrons. The van der Waals surface area contributed by atoms with Gasteiger partial charge in [-0.1, -0.05) is 78.9 Å². The molecule has 0 unspecified atom stereocenters. The molecule has 0 aliphatic carbocycles. The fraction of sp³-hybridized carbons (Fsp3) is 0. The van der Waals surface area contributed by atoms with Gasteiger partial charge in [0.05, 0.1) is 11.0 Å². The van der Waals surface area contributed by atoms with Crippen molar-refractivity contribution in [1.29, 1.82) is 0 Å². The van der Waals surface area contributed by atoms with Crippen molar-refractivity contribution in [3.05, 3.63) is 127 Å². The average molecular weight is 520 g/mol. The number of aromatic nitrogens is 3. The van der Waals surface area contributed by atoms with Crippen LogP contribution in [0.5, 0.6) is 0 Å². The van der Waals surface area contributed by atoms with Crippen molar-refractivity contribution in [2.24, 2.45) is 0 Å². The van der Waals surface area contributed by atoms with E-state index >= 15 is 0 Å². The molecule has 0 fully saturated rings. The Hall–Kier alpha value is -5.00. The van der Waals surface area contributed by atoms with Crippen LogP contribution in [0.3, 0.4) is 0 Å². The molecule has 3 heterocycles. The van der Waals surface area contributed by atoms with E-state index in [-0.39, 0.29) is 0 Å². The number of thiophene rings is 1. The molecule has 0 saturated heterocycles. The molecule has 4 nitrogen and oxygen atoms in total. The van der Waals surface area contributed by atoms with Crippen LogP contribution in [0.1, 0.15) is 0 Å². The molecule has 39 heavy (non-hydrogen) atoms. The fourth-order valence-corrected chi connectivity index (χ4v) is 6.61. The molecule has 8 rings (SSSR count). The van der Waals surface area contributed by atoms with Crippen molar-refractivity contribution in [2.45, 2.75) is 0 Å². The number of para-hydroxylation sites is 1. The number of rotatable bonds is 4. The summed E-state index contributed by atoms with van der Waals surface area (Å²) in [4.78, 5) is 1.28. The van der Waals surface area contributed by atoms with E-state index in [0.29, 0.717) is 11.8 Å². The normalized spacial score (nSPS) is 11.6. The van der Waals surface area contributed by atoms with Crippen LogP contribution in [-0.2, 0) is 0 Å². The minimum absolute atomic E-state index is 0.504. The second-order valence-electron chi connectivity index (χ2n) is 9.54. The maximum absolute atomic E-state index is 6.08. The zero-order valence-corrected chi connectivity index (χ0v) is 21.6. The van der Waals surface area contributed by atoms with Gasteiger partial charge in [-0.15, -0.1) is 21.5 Å². The number of hydrogen-bond acceptors (Lipinski definition) is 4. The molecular weight excluding hydrogens is 498 g/mol. The largest absolute Gasteiger partial charge is 0.416 e. The third-order valence-electron chi connectivity index (χ3n) is 7.18. The van der Waals surface area contributed by atoms with Crippen LogP contribution in [0.2, 0.25) is 0 Å². The van der Waals surface area contributed by atoms with E-state index in [0.717, 1.165) is 16.8 Å². The predicted molar refractivity (Wildman–Crippen MR) is 160 cm³/mol. The van der Waals surface area contributed by atoms with Gasteiger partial charge in [0.25, 0.3) is 0 Å². The summed E-state index contributed by atoms with van der Waals surface area (Å²) in [6.07, 6.45) is 0. The highest BCUT2D eigenvalue weighted by Crippen LogP contribution is 2.42. The highest BCUT2D eigenvalue weighted by atomic mass is 32.1. The Kier molecular flexibility index (Phi) is 4.96. The summed E-state index contributed by atoms with van der Waals surface area (Å²) >= 11 is 1.86. The molecule has 3 aromatic heterocycles. The van der Waals surface area contributed by atoms with Gasteiger partial charge in [-0.3, -0.25) is 0 Å². The Bertz CT molecular complexity index is 2120. The van der Waals surface area contributed by atoms with Crippen molar-refractivity contribution in [1.82, 2.24) is 14.8 Å². The zero-order valence-electron chi connectivity index (χ0n) is 20.8. The van der Waals surface area contributed by atoms with Crippen molar-refractivity contribution in [2.75, 3.05) is 0 Å². The van der Waals surface area contributed by atoms with E-state index in [9.17, 15) is 0 Å². The van der Waals surface area contributed by atoms with E-state index in [4.69, 9.17) is 4.42 Å². The minimum Gasteiger partial charge on any atom is -0.416 e. The van der Waals surface area contributed by atoms with Crippen LogP contribution in [0.15, 0.2) is 132 Å². The lowest BCUT2D eigenvalue weighted by atomic mass is 10.1. The maximum Gasteiger partial charge on any atom is 0.248 e. The van der Waals surface area contributed by atoms with Crippen molar-refractivity contribution in [3.8, 4) is 39.0 Å². The Labute approximate surface area is 228 Å². The summed E-state index contributed by atoms with van der Waals surface area (Å²) in [6.45, 7) is 0. The molecule has 0 radical (unpaired) electrons. The van der Waals surface area contributed by atoms with Gasteiger partial charge in [-0.25, -0.2) is 0 Å². The molecule has 0 amide bonds. The van der Waals surface area contributed by atoms with Crippen LogP contribution in [0, 0.1) is 0 Å². The van der Waals surface area contributed by atoms with E-state index < -0.39 is 0 Å². The van der Waals surface area contributed by atoms with Crippen molar-refractivity contribution < 1.29 is 4.42 Å². The summed E-state index contributed by atoms with van der Waals surface area (Å²) in [5.74, 6) is 1.02. The number of fused-ring (bicyclic) bond motifs is 5. The minimum atomic E-state index is 0.504. The van der Waals surface area contributed by atoms with Gasteiger partial charge in [0.15, 0.2) is 0 Å². The zero-order chi connectivity index (χ0) is 25.8. The predicted octanol–water partition coefficient (Wildman–Crippen LogP) is 9.38. The van der Waals surface area contributed by atoms with Gasteiger partial charge < -0.3 is 8.98 Å². The highest BCUT2D eigenvalue weighted by Gasteiger charge is 2.18. The van der Waals surface area contributed by atoms with E-state index in [1.807, 2.05) is 47.7 Å². The first-order valence-corrected chi connectivity index (χ1v) is 13.7.